The average molecular weight is 417 g/mol. The van der Waals surface area contributed by atoms with Gasteiger partial charge in [0.2, 0.25) is 5.91 Å². The number of hydrogen-bond donors (Lipinski definition) is 3. The number of ether oxygens (including phenoxy) is 5. The van der Waals surface area contributed by atoms with Crippen LogP contribution in [0, 0.1) is 0 Å². The number of fused-ring (bicyclic) bond motifs is 1. The Bertz CT molecular complexity index is 658. The number of carbonyl (C=O) groups excluding carboxylic acids is 4. The zero-order valence-electron chi connectivity index (χ0n) is 17.0. The molecular formula is C17H27N3O9. The predicted octanol–water partition coefficient (Wildman–Crippen LogP) is -1.52. The van der Waals surface area contributed by atoms with E-state index >= 15 is 0 Å². The van der Waals surface area contributed by atoms with Crippen molar-refractivity contribution in [2.75, 3.05) is 13.2 Å². The van der Waals surface area contributed by atoms with Crippen LogP contribution in [-0.4, -0.2) is 73.6 Å². The molecule has 2 fully saturated rings. The van der Waals surface area contributed by atoms with Crippen molar-refractivity contribution < 1.29 is 42.9 Å². The third-order valence-corrected chi connectivity index (χ3v) is 4.17. The van der Waals surface area contributed by atoms with Crippen LogP contribution in [0.5, 0.6) is 0 Å². The topological polar surface area (TPSA) is 151 Å². The molecule has 6 atom stereocenters. The molecule has 2 aliphatic rings. The third kappa shape index (κ3) is 5.85. The molecule has 0 saturated carbocycles. The summed E-state index contributed by atoms with van der Waals surface area (Å²) in [6.45, 7) is 6.67. The van der Waals surface area contributed by atoms with E-state index in [1.54, 1.807) is 6.92 Å². The molecule has 0 bridgehead atoms. The molecule has 12 nitrogen and oxygen atoms in total. The summed E-state index contributed by atoms with van der Waals surface area (Å²) in [5.74, 6) is -3.57. The van der Waals surface area contributed by atoms with E-state index in [1.165, 1.54) is 27.7 Å². The first-order chi connectivity index (χ1) is 13.6. The van der Waals surface area contributed by atoms with Crippen LogP contribution in [-0.2, 0) is 42.9 Å². The second kappa shape index (κ2) is 9.48. The summed E-state index contributed by atoms with van der Waals surface area (Å²) in [7, 11) is 0. The van der Waals surface area contributed by atoms with Crippen molar-refractivity contribution in [3.8, 4) is 0 Å². The lowest BCUT2D eigenvalue weighted by atomic mass is 10.0. The minimum atomic E-state index is -1.42. The summed E-state index contributed by atoms with van der Waals surface area (Å²) in [5.41, 5.74) is 0. The summed E-state index contributed by atoms with van der Waals surface area (Å²) < 4.78 is 27.1. The Labute approximate surface area is 167 Å². The summed E-state index contributed by atoms with van der Waals surface area (Å²) >= 11 is 0. The monoisotopic (exact) mass is 417 g/mol. The Morgan fingerprint density at radius 3 is 2.28 bits per heavy atom. The quantitative estimate of drug-likeness (QED) is 0.240. The Balaban J connectivity index is 2.26. The highest BCUT2D eigenvalue weighted by Crippen LogP contribution is 2.32. The highest BCUT2D eigenvalue weighted by Gasteiger charge is 2.59. The van der Waals surface area contributed by atoms with Gasteiger partial charge < -0.3 is 29.0 Å². The molecule has 0 radical (unpaired) electrons. The summed E-state index contributed by atoms with van der Waals surface area (Å²) in [6.07, 6.45) is -3.65. The maximum atomic E-state index is 11.7. The smallest absolute Gasteiger partial charge is 0.303 e. The number of carbonyl (C=O) groups is 4. The zero-order chi connectivity index (χ0) is 21.8. The highest BCUT2D eigenvalue weighted by molar-refractivity contribution is 5.73. The van der Waals surface area contributed by atoms with Gasteiger partial charge >= 0.3 is 17.9 Å². The molecule has 0 aromatic carbocycles. The molecular weight excluding hydrogens is 390 g/mol. The van der Waals surface area contributed by atoms with Gasteiger partial charge in [-0.3, -0.25) is 19.2 Å². The van der Waals surface area contributed by atoms with Crippen LogP contribution in [0.15, 0.2) is 0 Å². The van der Waals surface area contributed by atoms with Crippen molar-refractivity contribution in [1.82, 2.24) is 16.0 Å². The van der Waals surface area contributed by atoms with Crippen LogP contribution in [0.1, 0.15) is 34.6 Å². The zero-order valence-corrected chi connectivity index (χ0v) is 17.0. The van der Waals surface area contributed by atoms with E-state index in [0.29, 0.717) is 0 Å². The van der Waals surface area contributed by atoms with E-state index in [0.717, 1.165) is 0 Å². The van der Waals surface area contributed by atoms with E-state index in [1.807, 2.05) is 0 Å². The lowest BCUT2D eigenvalue weighted by Crippen LogP contribution is -2.66. The van der Waals surface area contributed by atoms with Gasteiger partial charge in [-0.05, 0) is 6.92 Å². The molecule has 0 aliphatic carbocycles. The molecule has 2 aliphatic heterocycles. The van der Waals surface area contributed by atoms with Crippen LogP contribution >= 0.6 is 0 Å². The van der Waals surface area contributed by atoms with Gasteiger partial charge in [-0.15, -0.1) is 0 Å². The van der Waals surface area contributed by atoms with Gasteiger partial charge in [0.1, 0.15) is 18.9 Å². The fourth-order valence-corrected chi connectivity index (χ4v) is 3.36. The number of rotatable bonds is 8. The predicted molar refractivity (Wildman–Crippen MR) is 94.6 cm³/mol. The fourth-order valence-electron chi connectivity index (χ4n) is 3.36. The van der Waals surface area contributed by atoms with E-state index < -0.39 is 54.5 Å². The van der Waals surface area contributed by atoms with E-state index in [4.69, 9.17) is 23.7 Å². The van der Waals surface area contributed by atoms with Crippen molar-refractivity contribution in [3.63, 3.8) is 0 Å². The minimum absolute atomic E-state index is 0.254. The summed E-state index contributed by atoms with van der Waals surface area (Å²) in [4.78, 5) is 46.0. The lowest BCUT2D eigenvalue weighted by molar-refractivity contribution is -0.183. The summed E-state index contributed by atoms with van der Waals surface area (Å²) in [5, 5.41) is 8.64. The summed E-state index contributed by atoms with van der Waals surface area (Å²) in [6, 6.07) is -0.655. The van der Waals surface area contributed by atoms with Crippen LogP contribution in [0.3, 0.4) is 0 Å². The molecule has 12 heteroatoms. The van der Waals surface area contributed by atoms with Gasteiger partial charge in [0, 0.05) is 34.3 Å². The SMILES string of the molecule is CCOC1(NC(C)=O)N[C@@H]2[C@@H](OC(C)=O)[C@@H](C(COC(C)=O)OC(C)=O)O[C@@H]2N1. The van der Waals surface area contributed by atoms with Gasteiger partial charge in [-0.2, -0.15) is 0 Å². The average Bonchev–Trinajstić information content (AvgIpc) is 3.06. The fraction of sp³-hybridized carbons (Fsp3) is 0.765. The van der Waals surface area contributed by atoms with Crippen molar-refractivity contribution >= 4 is 23.8 Å². The van der Waals surface area contributed by atoms with Gasteiger partial charge in [-0.1, -0.05) is 0 Å². The maximum Gasteiger partial charge on any atom is 0.303 e. The van der Waals surface area contributed by atoms with Gasteiger partial charge in [0.05, 0.1) is 6.04 Å². The molecule has 0 spiro atoms. The molecule has 2 heterocycles. The minimum Gasteiger partial charge on any atom is -0.462 e. The van der Waals surface area contributed by atoms with Gasteiger partial charge in [-0.25, -0.2) is 10.6 Å². The molecule has 2 saturated heterocycles. The molecule has 164 valence electrons. The van der Waals surface area contributed by atoms with Crippen molar-refractivity contribution in [2.24, 2.45) is 0 Å². The largest absolute Gasteiger partial charge is 0.462 e. The van der Waals surface area contributed by atoms with Crippen molar-refractivity contribution in [1.29, 1.82) is 0 Å². The second-order valence-electron chi connectivity index (χ2n) is 6.66. The van der Waals surface area contributed by atoms with Crippen LogP contribution in [0.2, 0.25) is 0 Å². The van der Waals surface area contributed by atoms with Gasteiger partial charge in [0.15, 0.2) is 12.2 Å². The van der Waals surface area contributed by atoms with E-state index in [9.17, 15) is 19.2 Å². The first-order valence-electron chi connectivity index (χ1n) is 9.18. The molecule has 0 aromatic heterocycles. The number of amides is 1. The maximum absolute atomic E-state index is 11.7. The van der Waals surface area contributed by atoms with E-state index in [-0.39, 0.29) is 19.1 Å². The standard InChI is InChI=1S/C17H27N3O9/c1-6-26-17(18-8(2)21)19-13-15(28-11(5)24)14(29-16(13)20-17)12(27-10(4)23)7-25-9(3)22/h12-16,19-20H,6-7H2,1-5H3,(H,18,21)/t12?,13-,14-,15-,16+,17?/m1/s1. The van der Waals surface area contributed by atoms with Crippen LogP contribution < -0.4 is 16.0 Å². The number of nitrogens with one attached hydrogen (secondary N) is 3. The van der Waals surface area contributed by atoms with Gasteiger partial charge in [0.25, 0.3) is 5.97 Å². The Hall–Kier alpha value is -2.28. The number of hydrogen-bond acceptors (Lipinski definition) is 11. The molecule has 29 heavy (non-hydrogen) atoms. The Kier molecular flexibility index (Phi) is 7.52. The second-order valence-corrected chi connectivity index (χ2v) is 6.66. The highest BCUT2D eigenvalue weighted by atomic mass is 16.6. The first kappa shape index (κ1) is 23.0. The Morgan fingerprint density at radius 2 is 1.76 bits per heavy atom. The normalized spacial score (nSPS) is 31.5. The van der Waals surface area contributed by atoms with Crippen LogP contribution in [0.25, 0.3) is 0 Å². The molecule has 3 N–H and O–H groups in total. The molecule has 2 rings (SSSR count). The molecule has 0 aromatic rings. The molecule has 2 unspecified atom stereocenters. The molecule has 1 amide bonds. The first-order valence-corrected chi connectivity index (χ1v) is 9.18. The Morgan fingerprint density at radius 1 is 1.07 bits per heavy atom. The van der Waals surface area contributed by atoms with Crippen LogP contribution in [0.4, 0.5) is 0 Å². The number of esters is 3. The lowest BCUT2D eigenvalue weighted by Gasteiger charge is -2.34. The van der Waals surface area contributed by atoms with E-state index in [2.05, 4.69) is 16.0 Å². The van der Waals surface area contributed by atoms with Crippen molar-refractivity contribution in [2.45, 2.75) is 71.2 Å². The third-order valence-electron chi connectivity index (χ3n) is 4.17. The van der Waals surface area contributed by atoms with Crippen molar-refractivity contribution in [3.05, 3.63) is 0 Å².